The normalized spacial score (nSPS) is 12.9. The van der Waals surface area contributed by atoms with Crippen molar-refractivity contribution in [3.05, 3.63) is 97.2 Å². The summed E-state index contributed by atoms with van der Waals surface area (Å²) in [4.78, 5) is 25.5. The molecule has 1 atom stereocenters. The van der Waals surface area contributed by atoms with Gasteiger partial charge in [-0.15, -0.1) is 0 Å². The van der Waals surface area contributed by atoms with Gasteiger partial charge < -0.3 is 14.2 Å². The largest absolute Gasteiger partial charge is 0.462 e. The number of carbonyl (C=O) groups is 2. The fourth-order valence-electron chi connectivity index (χ4n) is 7.80. The second-order valence-electron chi connectivity index (χ2n) is 18.8. The van der Waals surface area contributed by atoms with Gasteiger partial charge in [0.2, 0.25) is 0 Å². The number of hydrogen-bond acceptors (Lipinski definition) is 5. The van der Waals surface area contributed by atoms with Crippen LogP contribution < -0.4 is 0 Å². The minimum atomic E-state index is -0.560. The van der Waals surface area contributed by atoms with Crippen LogP contribution in [0.5, 0.6) is 0 Å². The Morgan fingerprint density at radius 3 is 1.06 bits per heavy atom. The Balaban J connectivity index is 4.34. The Morgan fingerprint density at radius 2 is 0.662 bits per heavy atom. The van der Waals surface area contributed by atoms with E-state index in [-0.39, 0.29) is 25.2 Å². The lowest BCUT2D eigenvalue weighted by atomic mass is 10.1. The summed E-state index contributed by atoms with van der Waals surface area (Å²) in [5.41, 5.74) is 0. The highest BCUT2D eigenvalue weighted by Crippen LogP contribution is 2.14. The minimum absolute atomic E-state index is 0.0647. The first-order valence-electron chi connectivity index (χ1n) is 28.8. The molecule has 0 rings (SSSR count). The molecule has 0 spiro atoms. The van der Waals surface area contributed by atoms with Crippen LogP contribution in [0.3, 0.4) is 0 Å². The van der Waals surface area contributed by atoms with Gasteiger partial charge in [-0.25, -0.2) is 0 Å². The number of hydrogen-bond donors (Lipinski definition) is 0. The third kappa shape index (κ3) is 55.4. The van der Waals surface area contributed by atoms with E-state index in [1.165, 1.54) is 128 Å². The van der Waals surface area contributed by atoms with Gasteiger partial charge in [0.15, 0.2) is 6.10 Å². The van der Waals surface area contributed by atoms with Crippen molar-refractivity contribution in [3.63, 3.8) is 0 Å². The van der Waals surface area contributed by atoms with Gasteiger partial charge in [-0.2, -0.15) is 0 Å². The van der Waals surface area contributed by atoms with Gasteiger partial charge in [0.05, 0.1) is 6.61 Å². The number of ether oxygens (including phenoxy) is 3. The van der Waals surface area contributed by atoms with Crippen LogP contribution in [-0.2, 0) is 23.8 Å². The second kappa shape index (κ2) is 58.1. The molecule has 68 heavy (non-hydrogen) atoms. The molecule has 5 nitrogen and oxygen atoms in total. The van der Waals surface area contributed by atoms with Crippen LogP contribution in [0.15, 0.2) is 97.2 Å². The van der Waals surface area contributed by atoms with Crippen LogP contribution in [0.25, 0.3) is 0 Å². The van der Waals surface area contributed by atoms with E-state index in [1.54, 1.807) is 0 Å². The zero-order valence-electron chi connectivity index (χ0n) is 44.8. The van der Waals surface area contributed by atoms with Gasteiger partial charge in [-0.1, -0.05) is 227 Å². The molecule has 0 radical (unpaired) electrons. The van der Waals surface area contributed by atoms with Crippen LogP contribution in [0.1, 0.15) is 265 Å². The van der Waals surface area contributed by atoms with Gasteiger partial charge in [-0.05, 0) is 122 Å². The monoisotopic (exact) mass is 945 g/mol. The van der Waals surface area contributed by atoms with E-state index in [0.717, 1.165) is 103 Å². The maximum absolute atomic E-state index is 12.9. The van der Waals surface area contributed by atoms with Gasteiger partial charge in [0, 0.05) is 19.4 Å². The van der Waals surface area contributed by atoms with Crippen molar-refractivity contribution in [1.29, 1.82) is 0 Å². The molecule has 0 saturated carbocycles. The van der Waals surface area contributed by atoms with E-state index in [1.807, 2.05) is 0 Å². The van der Waals surface area contributed by atoms with E-state index >= 15 is 0 Å². The van der Waals surface area contributed by atoms with Gasteiger partial charge in [-0.3, -0.25) is 9.59 Å². The van der Waals surface area contributed by atoms with Crippen molar-refractivity contribution in [1.82, 2.24) is 0 Å². The molecule has 0 amide bonds. The highest BCUT2D eigenvalue weighted by Gasteiger charge is 2.17. The predicted molar refractivity (Wildman–Crippen MR) is 297 cm³/mol. The number of carbonyl (C=O) groups excluding carboxylic acids is 2. The summed E-state index contributed by atoms with van der Waals surface area (Å²) in [5, 5.41) is 0. The number of allylic oxidation sites excluding steroid dienone is 16. The standard InChI is InChI=1S/C63H108O5/c1-4-7-10-13-16-19-22-25-28-30-32-33-36-38-41-44-47-50-53-56-62(64)67-60-61(68-63(65)57-54-51-48-45-42-39-35-27-24-21-18-15-12-9-6-3)59-66-58-55-52-49-46-43-40-37-34-31-29-26-23-20-17-14-11-8-5-2/h9,12,16-21,25-29,32-33,35,61H,4-8,10-11,13-15,22-24,30-31,34,36-60H2,1-3H3/b12-9-,19-16-,20-17-,21-18-,28-25-,29-26-,33-32-,35-27-. The Bertz CT molecular complexity index is 1300. The first-order chi connectivity index (χ1) is 33.6. The number of unbranched alkanes of at least 4 members (excludes halogenated alkanes) is 25. The molecule has 0 N–H and O–H groups in total. The van der Waals surface area contributed by atoms with Crippen molar-refractivity contribution < 1.29 is 23.8 Å². The zero-order chi connectivity index (χ0) is 49.2. The summed E-state index contributed by atoms with van der Waals surface area (Å²) in [7, 11) is 0. The molecule has 0 heterocycles. The molecule has 0 bridgehead atoms. The molecule has 0 fully saturated rings. The lowest BCUT2D eigenvalue weighted by Gasteiger charge is -2.18. The van der Waals surface area contributed by atoms with Crippen LogP contribution in [-0.4, -0.2) is 37.9 Å². The Hall–Kier alpha value is -3.18. The van der Waals surface area contributed by atoms with Crippen LogP contribution in [0.2, 0.25) is 0 Å². The molecule has 0 aromatic rings. The van der Waals surface area contributed by atoms with Crippen molar-refractivity contribution in [2.24, 2.45) is 0 Å². The molecule has 0 aliphatic carbocycles. The lowest BCUT2D eigenvalue weighted by Crippen LogP contribution is -2.30. The quantitative estimate of drug-likeness (QED) is 0.0345. The van der Waals surface area contributed by atoms with Crippen molar-refractivity contribution in [2.75, 3.05) is 19.8 Å². The SMILES string of the molecule is CC/C=C\C/C=C\C/C=C\CCCCCCCC(=O)OC(COCCCCCCCCCC/C=C\C/C=C\CCCCC)COC(=O)CCCCCCCC/C=C\C/C=C\C/C=C\CCCCC. The summed E-state index contributed by atoms with van der Waals surface area (Å²) in [6.45, 7) is 7.63. The molecular weight excluding hydrogens is 837 g/mol. The molecule has 0 aromatic heterocycles. The van der Waals surface area contributed by atoms with Crippen LogP contribution in [0, 0.1) is 0 Å². The first-order valence-corrected chi connectivity index (χ1v) is 28.8. The van der Waals surface area contributed by atoms with E-state index < -0.39 is 6.10 Å². The average molecular weight is 946 g/mol. The molecule has 0 saturated heterocycles. The van der Waals surface area contributed by atoms with E-state index in [2.05, 4.69) is 118 Å². The fourth-order valence-corrected chi connectivity index (χ4v) is 7.80. The molecule has 0 aliphatic rings. The van der Waals surface area contributed by atoms with Crippen LogP contribution >= 0.6 is 0 Å². The van der Waals surface area contributed by atoms with Crippen molar-refractivity contribution in [3.8, 4) is 0 Å². The maximum Gasteiger partial charge on any atom is 0.306 e. The molecule has 390 valence electrons. The van der Waals surface area contributed by atoms with Crippen molar-refractivity contribution >= 4 is 11.9 Å². The Morgan fingerprint density at radius 1 is 0.338 bits per heavy atom. The van der Waals surface area contributed by atoms with E-state index in [4.69, 9.17) is 14.2 Å². The maximum atomic E-state index is 12.9. The first kappa shape index (κ1) is 64.8. The Kier molecular flexibility index (Phi) is 55.4. The second-order valence-corrected chi connectivity index (χ2v) is 18.8. The Labute approximate surface area is 422 Å². The third-order valence-electron chi connectivity index (χ3n) is 12.1. The van der Waals surface area contributed by atoms with Crippen LogP contribution in [0.4, 0.5) is 0 Å². The molecule has 1 unspecified atom stereocenters. The summed E-state index contributed by atoms with van der Waals surface area (Å²) in [6, 6.07) is 0. The highest BCUT2D eigenvalue weighted by atomic mass is 16.6. The average Bonchev–Trinajstić information content (AvgIpc) is 3.34. The lowest BCUT2D eigenvalue weighted by molar-refractivity contribution is -0.163. The zero-order valence-corrected chi connectivity index (χ0v) is 44.8. The van der Waals surface area contributed by atoms with E-state index in [0.29, 0.717) is 19.4 Å². The van der Waals surface area contributed by atoms with E-state index in [9.17, 15) is 9.59 Å². The summed E-state index contributed by atoms with van der Waals surface area (Å²) in [6.07, 6.45) is 78.5. The van der Waals surface area contributed by atoms with Gasteiger partial charge in [0.25, 0.3) is 0 Å². The third-order valence-corrected chi connectivity index (χ3v) is 12.1. The minimum Gasteiger partial charge on any atom is -0.462 e. The molecule has 0 aliphatic heterocycles. The molecular formula is C63H108O5. The summed E-state index contributed by atoms with van der Waals surface area (Å²) >= 11 is 0. The number of rotatable bonds is 52. The van der Waals surface area contributed by atoms with Gasteiger partial charge in [0.1, 0.15) is 6.61 Å². The van der Waals surface area contributed by atoms with Gasteiger partial charge >= 0.3 is 11.9 Å². The highest BCUT2D eigenvalue weighted by molar-refractivity contribution is 5.70. The summed E-state index contributed by atoms with van der Waals surface area (Å²) < 4.78 is 17.5. The summed E-state index contributed by atoms with van der Waals surface area (Å²) in [5.74, 6) is -0.433. The smallest absolute Gasteiger partial charge is 0.306 e. The fraction of sp³-hybridized carbons (Fsp3) is 0.714. The predicted octanol–water partition coefficient (Wildman–Crippen LogP) is 19.8. The molecule has 5 heteroatoms. The molecule has 0 aromatic carbocycles. The topological polar surface area (TPSA) is 61.8 Å². The number of esters is 2. The van der Waals surface area contributed by atoms with Crippen molar-refractivity contribution in [2.45, 2.75) is 271 Å².